The van der Waals surface area contributed by atoms with Gasteiger partial charge in [-0.3, -0.25) is 9.59 Å². The fraction of sp³-hybridized carbons (Fsp3) is 0.200. The van der Waals surface area contributed by atoms with Crippen molar-refractivity contribution in [2.75, 3.05) is 21.3 Å². The SMILES string of the molecule is COc1cccc(/C=C/C(=O)c2c(OC)cc(OC)cc2OC(C)=O)c1. The topological polar surface area (TPSA) is 71.1 Å². The van der Waals surface area contributed by atoms with E-state index in [2.05, 4.69) is 0 Å². The van der Waals surface area contributed by atoms with Crippen LogP contribution in [0.3, 0.4) is 0 Å². The highest BCUT2D eigenvalue weighted by molar-refractivity contribution is 6.11. The Hall–Kier alpha value is -3.28. The van der Waals surface area contributed by atoms with Crippen molar-refractivity contribution in [1.29, 1.82) is 0 Å². The fourth-order valence-corrected chi connectivity index (χ4v) is 2.32. The average molecular weight is 356 g/mol. The third-order valence-corrected chi connectivity index (χ3v) is 3.52. The van der Waals surface area contributed by atoms with E-state index in [0.29, 0.717) is 11.5 Å². The second-order valence-corrected chi connectivity index (χ2v) is 5.27. The van der Waals surface area contributed by atoms with Crippen LogP contribution in [0.25, 0.3) is 6.08 Å². The molecule has 6 heteroatoms. The van der Waals surface area contributed by atoms with Gasteiger partial charge >= 0.3 is 5.97 Å². The molecule has 0 aromatic heterocycles. The molecule has 2 rings (SSSR count). The van der Waals surface area contributed by atoms with E-state index in [9.17, 15) is 9.59 Å². The number of hydrogen-bond donors (Lipinski definition) is 0. The zero-order valence-electron chi connectivity index (χ0n) is 15.1. The van der Waals surface area contributed by atoms with E-state index in [4.69, 9.17) is 18.9 Å². The first kappa shape index (κ1) is 19.1. The van der Waals surface area contributed by atoms with Gasteiger partial charge in [-0.15, -0.1) is 0 Å². The Labute approximate surface area is 151 Å². The molecule has 0 saturated heterocycles. The van der Waals surface area contributed by atoms with Crippen molar-refractivity contribution >= 4 is 17.8 Å². The fourth-order valence-electron chi connectivity index (χ4n) is 2.32. The molecule has 0 aliphatic heterocycles. The van der Waals surface area contributed by atoms with Crippen molar-refractivity contribution < 1.29 is 28.5 Å². The minimum absolute atomic E-state index is 0.0778. The molecule has 0 spiro atoms. The molecule has 0 saturated carbocycles. The predicted octanol–water partition coefficient (Wildman–Crippen LogP) is 3.53. The molecule has 0 bridgehead atoms. The summed E-state index contributed by atoms with van der Waals surface area (Å²) in [6, 6.07) is 10.3. The summed E-state index contributed by atoms with van der Waals surface area (Å²) in [6.45, 7) is 1.26. The Balaban J connectivity index is 2.42. The van der Waals surface area contributed by atoms with Crippen molar-refractivity contribution in [1.82, 2.24) is 0 Å². The largest absolute Gasteiger partial charge is 0.497 e. The lowest BCUT2D eigenvalue weighted by atomic mass is 10.1. The molecule has 0 radical (unpaired) electrons. The minimum Gasteiger partial charge on any atom is -0.497 e. The van der Waals surface area contributed by atoms with Gasteiger partial charge in [0.25, 0.3) is 0 Å². The summed E-state index contributed by atoms with van der Waals surface area (Å²) in [5.74, 6) is 0.498. The van der Waals surface area contributed by atoms with E-state index in [0.717, 1.165) is 5.56 Å². The number of carbonyl (C=O) groups excluding carboxylic acids is 2. The van der Waals surface area contributed by atoms with Crippen molar-refractivity contribution in [3.05, 3.63) is 53.6 Å². The highest BCUT2D eigenvalue weighted by Gasteiger charge is 2.20. The third-order valence-electron chi connectivity index (χ3n) is 3.52. The number of allylic oxidation sites excluding steroid dienone is 1. The van der Waals surface area contributed by atoms with E-state index in [1.54, 1.807) is 25.3 Å². The highest BCUT2D eigenvalue weighted by Crippen LogP contribution is 2.35. The Morgan fingerprint density at radius 2 is 1.58 bits per heavy atom. The first-order valence-corrected chi connectivity index (χ1v) is 7.79. The van der Waals surface area contributed by atoms with E-state index in [-0.39, 0.29) is 22.8 Å². The second-order valence-electron chi connectivity index (χ2n) is 5.27. The van der Waals surface area contributed by atoms with Gasteiger partial charge in [-0.1, -0.05) is 18.2 Å². The number of esters is 1. The number of methoxy groups -OCH3 is 3. The van der Waals surface area contributed by atoms with Crippen molar-refractivity contribution in [3.63, 3.8) is 0 Å². The summed E-state index contributed by atoms with van der Waals surface area (Å²) in [4.78, 5) is 24.1. The van der Waals surface area contributed by atoms with Crippen LogP contribution in [0, 0.1) is 0 Å². The van der Waals surface area contributed by atoms with Crippen LogP contribution in [-0.4, -0.2) is 33.1 Å². The lowest BCUT2D eigenvalue weighted by molar-refractivity contribution is -0.131. The van der Waals surface area contributed by atoms with Gasteiger partial charge in [-0.25, -0.2) is 0 Å². The summed E-state index contributed by atoms with van der Waals surface area (Å²) in [6.07, 6.45) is 3.03. The molecule has 0 N–H and O–H groups in total. The number of hydrogen-bond acceptors (Lipinski definition) is 6. The molecule has 26 heavy (non-hydrogen) atoms. The maximum atomic E-state index is 12.7. The van der Waals surface area contributed by atoms with Crippen LogP contribution in [0.1, 0.15) is 22.8 Å². The van der Waals surface area contributed by atoms with Gasteiger partial charge in [0.2, 0.25) is 0 Å². The first-order valence-electron chi connectivity index (χ1n) is 7.79. The average Bonchev–Trinajstić information content (AvgIpc) is 2.65. The van der Waals surface area contributed by atoms with Gasteiger partial charge in [0.15, 0.2) is 5.78 Å². The standard InChI is InChI=1S/C20H20O6/c1-13(21)26-19-12-16(24-3)11-18(25-4)20(19)17(22)9-8-14-6-5-7-15(10-14)23-2/h5-12H,1-4H3/b9-8+. The molecule has 6 nitrogen and oxygen atoms in total. The molecule has 0 atom stereocenters. The molecular formula is C20H20O6. The molecule has 0 aliphatic carbocycles. The summed E-state index contributed by atoms with van der Waals surface area (Å²) in [5.41, 5.74) is 0.932. The van der Waals surface area contributed by atoms with Gasteiger partial charge in [-0.05, 0) is 23.8 Å². The molecule has 0 amide bonds. The molecule has 0 unspecified atom stereocenters. The zero-order chi connectivity index (χ0) is 19.1. The lowest BCUT2D eigenvalue weighted by Crippen LogP contribution is -2.08. The monoisotopic (exact) mass is 356 g/mol. The number of benzene rings is 2. The van der Waals surface area contributed by atoms with Gasteiger partial charge in [-0.2, -0.15) is 0 Å². The van der Waals surface area contributed by atoms with Gasteiger partial charge in [0.1, 0.15) is 28.6 Å². The maximum absolute atomic E-state index is 12.7. The van der Waals surface area contributed by atoms with E-state index >= 15 is 0 Å². The number of ketones is 1. The second kappa shape index (κ2) is 8.71. The van der Waals surface area contributed by atoms with E-state index in [1.165, 1.54) is 33.3 Å². The Morgan fingerprint density at radius 1 is 0.885 bits per heavy atom. The quantitative estimate of drug-likeness (QED) is 0.327. The molecular weight excluding hydrogens is 336 g/mol. The zero-order valence-corrected chi connectivity index (χ0v) is 15.1. The third kappa shape index (κ3) is 4.63. The van der Waals surface area contributed by atoms with Gasteiger partial charge in [0, 0.05) is 19.1 Å². The van der Waals surface area contributed by atoms with Gasteiger partial charge in [0.05, 0.1) is 21.3 Å². The molecule has 136 valence electrons. The summed E-state index contributed by atoms with van der Waals surface area (Å²) >= 11 is 0. The van der Waals surface area contributed by atoms with E-state index < -0.39 is 5.97 Å². The summed E-state index contributed by atoms with van der Waals surface area (Å²) < 4.78 is 20.8. The summed E-state index contributed by atoms with van der Waals surface area (Å²) in [5, 5.41) is 0. The van der Waals surface area contributed by atoms with Crippen molar-refractivity contribution in [2.45, 2.75) is 6.92 Å². The predicted molar refractivity (Wildman–Crippen MR) is 97.2 cm³/mol. The molecule has 0 fully saturated rings. The van der Waals surface area contributed by atoms with Crippen LogP contribution in [0.15, 0.2) is 42.5 Å². The van der Waals surface area contributed by atoms with Crippen molar-refractivity contribution in [3.8, 4) is 23.0 Å². The van der Waals surface area contributed by atoms with Crippen LogP contribution in [0.4, 0.5) is 0 Å². The molecule has 2 aromatic rings. The molecule has 0 aliphatic rings. The number of ether oxygens (including phenoxy) is 4. The number of carbonyl (C=O) groups is 2. The number of rotatable bonds is 7. The van der Waals surface area contributed by atoms with Crippen LogP contribution >= 0.6 is 0 Å². The summed E-state index contributed by atoms with van der Waals surface area (Å²) in [7, 11) is 4.47. The normalized spacial score (nSPS) is 10.5. The Morgan fingerprint density at radius 3 is 2.19 bits per heavy atom. The van der Waals surface area contributed by atoms with Crippen LogP contribution in [0.5, 0.6) is 23.0 Å². The lowest BCUT2D eigenvalue weighted by Gasteiger charge is -2.13. The van der Waals surface area contributed by atoms with E-state index in [1.807, 2.05) is 18.2 Å². The van der Waals surface area contributed by atoms with Gasteiger partial charge < -0.3 is 18.9 Å². The highest BCUT2D eigenvalue weighted by atomic mass is 16.5. The Bertz CT molecular complexity index is 838. The van der Waals surface area contributed by atoms with Crippen molar-refractivity contribution in [2.24, 2.45) is 0 Å². The van der Waals surface area contributed by atoms with Crippen LogP contribution in [0.2, 0.25) is 0 Å². The van der Waals surface area contributed by atoms with Crippen LogP contribution < -0.4 is 18.9 Å². The Kier molecular flexibility index (Phi) is 6.38. The minimum atomic E-state index is -0.550. The molecule has 2 aromatic carbocycles. The maximum Gasteiger partial charge on any atom is 0.308 e. The van der Waals surface area contributed by atoms with Crippen LogP contribution in [-0.2, 0) is 4.79 Å². The first-order chi connectivity index (χ1) is 12.5. The smallest absolute Gasteiger partial charge is 0.308 e. The molecule has 0 heterocycles.